The topological polar surface area (TPSA) is 20.2 Å². The first kappa shape index (κ1) is 6.92. The summed E-state index contributed by atoms with van der Waals surface area (Å²) in [6.45, 7) is 7.37. The maximum Gasteiger partial charge on any atom is 0.209 e. The van der Waals surface area contributed by atoms with Crippen molar-refractivity contribution in [3.05, 3.63) is 12.3 Å². The van der Waals surface area contributed by atoms with Gasteiger partial charge in [-0.15, -0.1) is 6.58 Å². The van der Waals surface area contributed by atoms with Crippen molar-refractivity contribution in [1.29, 1.82) is 0 Å². The van der Waals surface area contributed by atoms with Gasteiger partial charge in [0.1, 0.15) is 0 Å². The van der Waals surface area contributed by atoms with Gasteiger partial charge in [-0.05, 0) is 12.6 Å². The van der Waals surface area contributed by atoms with Gasteiger partial charge in [0.2, 0.25) is 8.32 Å². The predicted molar refractivity (Wildman–Crippen MR) is 34.5 cm³/mol. The van der Waals surface area contributed by atoms with Crippen LogP contribution in [0.25, 0.3) is 0 Å². The molecule has 0 saturated heterocycles. The Kier molecular flexibility index (Phi) is 2.26. The molecule has 0 aromatic rings. The van der Waals surface area contributed by atoms with E-state index in [9.17, 15) is 0 Å². The molecular weight excluding hydrogens is 104 g/mol. The van der Waals surface area contributed by atoms with Gasteiger partial charge in [0, 0.05) is 0 Å². The van der Waals surface area contributed by atoms with Crippen molar-refractivity contribution >= 4 is 8.32 Å². The maximum atomic E-state index is 9.15. The van der Waals surface area contributed by atoms with Crippen molar-refractivity contribution in [2.24, 2.45) is 0 Å². The molecule has 0 aromatic heterocycles. The molecule has 1 unspecified atom stereocenters. The van der Waals surface area contributed by atoms with Crippen LogP contribution in [0.4, 0.5) is 0 Å². The first-order chi connectivity index (χ1) is 3.12. The van der Waals surface area contributed by atoms with E-state index in [1.807, 2.05) is 13.5 Å². The Morgan fingerprint density at radius 2 is 2.29 bits per heavy atom. The van der Waals surface area contributed by atoms with Crippen molar-refractivity contribution in [2.75, 3.05) is 0 Å². The fourth-order valence-electron chi connectivity index (χ4n) is 0.144. The first-order valence-electron chi connectivity index (χ1n) is 2.48. The molecule has 0 radical (unpaired) electrons. The Morgan fingerprint density at radius 3 is 2.29 bits per heavy atom. The molecule has 0 aliphatic carbocycles. The molecule has 0 spiro atoms. The highest BCUT2D eigenvalue weighted by Gasteiger charge is 2.14. The first-order valence-corrected chi connectivity index (χ1v) is 5.21. The molecule has 0 amide bonds. The third-order valence-electron chi connectivity index (χ3n) is 1.16. The van der Waals surface area contributed by atoms with Crippen molar-refractivity contribution in [3.8, 4) is 0 Å². The molecule has 0 aliphatic rings. The Bertz CT molecular complexity index is 68.5. The lowest BCUT2D eigenvalue weighted by atomic mass is 11.0. The van der Waals surface area contributed by atoms with Crippen LogP contribution in [0.2, 0.25) is 12.6 Å². The molecule has 0 aliphatic heterocycles. The summed E-state index contributed by atoms with van der Waals surface area (Å²) < 4.78 is 0. The normalized spacial score (nSPS) is 18.1. The fourth-order valence-corrected chi connectivity index (χ4v) is 0.433. The highest BCUT2D eigenvalue weighted by Crippen LogP contribution is 2.02. The highest BCUT2D eigenvalue weighted by atomic mass is 28.4. The van der Waals surface area contributed by atoms with Gasteiger partial charge < -0.3 is 4.80 Å². The summed E-state index contributed by atoms with van der Waals surface area (Å²) in [4.78, 5) is 9.15. The van der Waals surface area contributed by atoms with Crippen LogP contribution < -0.4 is 0 Å². The highest BCUT2D eigenvalue weighted by molar-refractivity contribution is 6.76. The molecular formula is C5H12OSi. The van der Waals surface area contributed by atoms with E-state index < -0.39 is 8.32 Å². The van der Waals surface area contributed by atoms with Crippen LogP contribution in [0.1, 0.15) is 6.92 Å². The lowest BCUT2D eigenvalue weighted by Gasteiger charge is -2.09. The second-order valence-electron chi connectivity index (χ2n) is 1.91. The van der Waals surface area contributed by atoms with E-state index in [0.717, 1.165) is 6.04 Å². The molecule has 2 heteroatoms. The fraction of sp³-hybridized carbons (Fsp3) is 0.600. The lowest BCUT2D eigenvalue weighted by molar-refractivity contribution is 0.558. The minimum atomic E-state index is -1.89. The van der Waals surface area contributed by atoms with Crippen molar-refractivity contribution in [1.82, 2.24) is 0 Å². The molecule has 1 nitrogen and oxygen atoms in total. The zero-order valence-corrected chi connectivity index (χ0v) is 5.94. The third-order valence-corrected chi connectivity index (χ3v) is 3.47. The van der Waals surface area contributed by atoms with Crippen molar-refractivity contribution < 1.29 is 4.80 Å². The molecule has 1 N–H and O–H groups in total. The number of hydrogen-bond donors (Lipinski definition) is 1. The van der Waals surface area contributed by atoms with Gasteiger partial charge in [0.25, 0.3) is 0 Å². The van der Waals surface area contributed by atoms with E-state index >= 15 is 0 Å². The Labute approximate surface area is 45.8 Å². The third kappa shape index (κ3) is 2.59. The minimum Gasteiger partial charge on any atom is -0.428 e. The van der Waals surface area contributed by atoms with Gasteiger partial charge in [-0.25, -0.2) is 0 Å². The van der Waals surface area contributed by atoms with E-state index in [2.05, 4.69) is 6.58 Å². The second-order valence-corrected chi connectivity index (χ2v) is 5.74. The summed E-state index contributed by atoms with van der Waals surface area (Å²) in [6, 6.07) is 0.872. The largest absolute Gasteiger partial charge is 0.428 e. The summed E-state index contributed by atoms with van der Waals surface area (Å²) >= 11 is 0. The van der Waals surface area contributed by atoms with E-state index in [-0.39, 0.29) is 0 Å². The second kappa shape index (κ2) is 2.28. The number of rotatable bonds is 2. The zero-order chi connectivity index (χ0) is 5.91. The Morgan fingerprint density at radius 1 is 1.86 bits per heavy atom. The van der Waals surface area contributed by atoms with Gasteiger partial charge in [-0.3, -0.25) is 0 Å². The quantitative estimate of drug-likeness (QED) is 0.539. The average Bonchev–Trinajstić information content (AvgIpc) is 1.68. The molecule has 0 saturated carbocycles. The molecule has 0 rings (SSSR count). The summed E-state index contributed by atoms with van der Waals surface area (Å²) in [6.07, 6.45) is 0. The van der Waals surface area contributed by atoms with Crippen LogP contribution in [0.3, 0.4) is 0 Å². The Balaban J connectivity index is 3.58. The van der Waals surface area contributed by atoms with E-state index in [0.29, 0.717) is 0 Å². The predicted octanol–water partition coefficient (Wildman–Crippen LogP) is 1.30. The van der Waals surface area contributed by atoms with Crippen LogP contribution in [-0.4, -0.2) is 13.1 Å². The van der Waals surface area contributed by atoms with Gasteiger partial charge in [0.05, 0.1) is 0 Å². The van der Waals surface area contributed by atoms with Gasteiger partial charge in [-0.2, -0.15) is 0 Å². The van der Waals surface area contributed by atoms with Gasteiger partial charge in [0.15, 0.2) is 0 Å². The summed E-state index contributed by atoms with van der Waals surface area (Å²) in [5, 5.41) is 0. The standard InChI is InChI=1S/C5H12OSi/c1-4-7(3,6)5-2/h4,6H,1,5H2,2-3H3. The molecule has 0 heterocycles. The van der Waals surface area contributed by atoms with E-state index in [4.69, 9.17) is 4.80 Å². The van der Waals surface area contributed by atoms with Crippen molar-refractivity contribution in [2.45, 2.75) is 19.5 Å². The molecule has 1 atom stereocenters. The SMILES string of the molecule is C=C[Si](C)(O)CC. The van der Waals surface area contributed by atoms with Gasteiger partial charge >= 0.3 is 0 Å². The molecule has 0 aromatic carbocycles. The molecule has 0 fully saturated rings. The van der Waals surface area contributed by atoms with Gasteiger partial charge in [-0.1, -0.05) is 12.6 Å². The molecule has 0 bridgehead atoms. The summed E-state index contributed by atoms with van der Waals surface area (Å²) in [5.41, 5.74) is 1.69. The average molecular weight is 116 g/mol. The monoisotopic (exact) mass is 116 g/mol. The lowest BCUT2D eigenvalue weighted by Crippen LogP contribution is -2.24. The Hall–Kier alpha value is -0.0831. The maximum absolute atomic E-state index is 9.15. The molecule has 7 heavy (non-hydrogen) atoms. The minimum absolute atomic E-state index is 0.872. The smallest absolute Gasteiger partial charge is 0.209 e. The van der Waals surface area contributed by atoms with Crippen molar-refractivity contribution in [3.63, 3.8) is 0 Å². The van der Waals surface area contributed by atoms with E-state index in [1.54, 1.807) is 5.70 Å². The van der Waals surface area contributed by atoms with E-state index in [1.165, 1.54) is 0 Å². The molecule has 42 valence electrons. The zero-order valence-electron chi connectivity index (χ0n) is 4.94. The van der Waals surface area contributed by atoms with Crippen LogP contribution in [0.5, 0.6) is 0 Å². The van der Waals surface area contributed by atoms with Crippen LogP contribution >= 0.6 is 0 Å². The van der Waals surface area contributed by atoms with Crippen LogP contribution in [0, 0.1) is 0 Å². The summed E-state index contributed by atoms with van der Waals surface area (Å²) in [7, 11) is -1.89. The summed E-state index contributed by atoms with van der Waals surface area (Å²) in [5.74, 6) is 0. The van der Waals surface area contributed by atoms with Crippen LogP contribution in [0.15, 0.2) is 12.3 Å². The number of hydrogen-bond acceptors (Lipinski definition) is 1. The van der Waals surface area contributed by atoms with Crippen LogP contribution in [-0.2, 0) is 0 Å².